The third-order valence-corrected chi connectivity index (χ3v) is 4.64. The Morgan fingerprint density at radius 1 is 1.42 bits per heavy atom. The summed E-state index contributed by atoms with van der Waals surface area (Å²) in [5, 5.41) is 12.2. The van der Waals surface area contributed by atoms with E-state index in [4.69, 9.17) is 10.00 Å². The first-order valence-corrected chi connectivity index (χ1v) is 9.22. The van der Waals surface area contributed by atoms with Crippen LogP contribution in [0.15, 0.2) is 24.3 Å². The number of hydrogen-bond acceptors (Lipinski definition) is 4. The van der Waals surface area contributed by atoms with Gasteiger partial charge in [-0.05, 0) is 69.8 Å². The number of hydrogen-bond donors (Lipinski definition) is 1. The van der Waals surface area contributed by atoms with Crippen LogP contribution in [0, 0.1) is 17.2 Å². The predicted octanol–water partition coefficient (Wildman–Crippen LogP) is 3.58. The quantitative estimate of drug-likeness (QED) is 0.704. The summed E-state index contributed by atoms with van der Waals surface area (Å²) in [6.45, 7) is 9.61. The third kappa shape index (κ3) is 6.51. The van der Waals surface area contributed by atoms with Crippen LogP contribution in [-0.4, -0.2) is 37.2 Å². The molecule has 1 saturated heterocycles. The predicted molar refractivity (Wildman–Crippen MR) is 97.9 cm³/mol. The molecule has 2 rings (SSSR count). The molecular weight excluding hydrogens is 298 g/mol. The lowest BCUT2D eigenvalue weighted by molar-refractivity contribution is 0.138. The molecule has 1 heterocycles. The van der Waals surface area contributed by atoms with Crippen LogP contribution in [-0.2, 0) is 6.54 Å². The molecule has 1 aromatic carbocycles. The second-order valence-electron chi connectivity index (χ2n) is 6.99. The number of likely N-dealkylation sites (tertiary alicyclic amines) is 1. The van der Waals surface area contributed by atoms with E-state index < -0.39 is 0 Å². The van der Waals surface area contributed by atoms with Crippen LogP contribution in [0.1, 0.15) is 45.1 Å². The van der Waals surface area contributed by atoms with Crippen molar-refractivity contribution in [3.8, 4) is 11.8 Å². The summed E-state index contributed by atoms with van der Waals surface area (Å²) >= 11 is 0. The van der Waals surface area contributed by atoms with Crippen molar-refractivity contribution in [2.24, 2.45) is 5.92 Å². The van der Waals surface area contributed by atoms with Gasteiger partial charge in [-0.2, -0.15) is 5.26 Å². The number of piperidine rings is 1. The smallest absolute Gasteiger partial charge is 0.119 e. The summed E-state index contributed by atoms with van der Waals surface area (Å²) in [6, 6.07) is 11.1. The largest absolute Gasteiger partial charge is 0.494 e. The molecule has 1 aromatic rings. The van der Waals surface area contributed by atoms with E-state index in [2.05, 4.69) is 42.3 Å². The van der Waals surface area contributed by atoms with Gasteiger partial charge in [-0.25, -0.2) is 0 Å². The van der Waals surface area contributed by atoms with Crippen molar-refractivity contribution >= 4 is 0 Å². The number of rotatable bonds is 9. The van der Waals surface area contributed by atoms with Gasteiger partial charge in [0.2, 0.25) is 0 Å². The highest BCUT2D eigenvalue weighted by molar-refractivity contribution is 5.28. The van der Waals surface area contributed by atoms with E-state index in [0.717, 1.165) is 31.2 Å². The van der Waals surface area contributed by atoms with Gasteiger partial charge in [-0.15, -0.1) is 0 Å². The summed E-state index contributed by atoms with van der Waals surface area (Å²) in [5.41, 5.74) is 1.25. The fourth-order valence-electron chi connectivity index (χ4n) is 3.24. The van der Waals surface area contributed by atoms with Crippen LogP contribution >= 0.6 is 0 Å². The molecule has 0 saturated carbocycles. The molecule has 1 atom stereocenters. The molecule has 0 bridgehead atoms. The first kappa shape index (κ1) is 18.8. The molecule has 4 heteroatoms. The minimum Gasteiger partial charge on any atom is -0.494 e. The van der Waals surface area contributed by atoms with Crippen molar-refractivity contribution < 1.29 is 4.74 Å². The highest BCUT2D eigenvalue weighted by atomic mass is 16.5. The van der Waals surface area contributed by atoms with Gasteiger partial charge >= 0.3 is 0 Å². The van der Waals surface area contributed by atoms with Gasteiger partial charge in [0.05, 0.1) is 12.7 Å². The number of nitrogens with zero attached hydrogens (tertiary/aromatic N) is 2. The van der Waals surface area contributed by atoms with E-state index >= 15 is 0 Å². The van der Waals surface area contributed by atoms with Crippen molar-refractivity contribution in [2.75, 3.05) is 26.2 Å². The molecule has 4 nitrogen and oxygen atoms in total. The fourth-order valence-corrected chi connectivity index (χ4v) is 3.24. The molecule has 0 amide bonds. The summed E-state index contributed by atoms with van der Waals surface area (Å²) in [4.78, 5) is 2.59. The number of unbranched alkanes of at least 4 members (excludes halogenated alkanes) is 1. The van der Waals surface area contributed by atoms with Crippen molar-refractivity contribution in [2.45, 2.75) is 52.1 Å². The zero-order valence-corrected chi connectivity index (χ0v) is 15.1. The van der Waals surface area contributed by atoms with Crippen LogP contribution in [0.5, 0.6) is 5.75 Å². The lowest BCUT2D eigenvalue weighted by Crippen LogP contribution is -2.42. The van der Waals surface area contributed by atoms with Gasteiger partial charge in [-0.1, -0.05) is 12.1 Å². The van der Waals surface area contributed by atoms with E-state index in [1.54, 1.807) is 0 Å². The van der Waals surface area contributed by atoms with E-state index in [9.17, 15) is 0 Å². The van der Waals surface area contributed by atoms with Gasteiger partial charge in [-0.3, -0.25) is 0 Å². The molecule has 0 spiro atoms. The summed E-state index contributed by atoms with van der Waals surface area (Å²) in [5.74, 6) is 1.66. The molecule has 1 unspecified atom stereocenters. The Balaban J connectivity index is 1.71. The molecule has 1 N–H and O–H groups in total. The van der Waals surface area contributed by atoms with E-state index in [-0.39, 0.29) is 0 Å². The number of nitriles is 1. The first-order chi connectivity index (χ1) is 11.7. The molecular formula is C20H31N3O. The highest BCUT2D eigenvalue weighted by Gasteiger charge is 2.21. The van der Waals surface area contributed by atoms with Crippen LogP contribution in [0.4, 0.5) is 0 Å². The molecule has 1 aliphatic heterocycles. The van der Waals surface area contributed by atoms with Gasteiger partial charge in [0.15, 0.2) is 0 Å². The molecule has 0 aliphatic carbocycles. The minimum absolute atomic E-state index is 0.552. The zero-order valence-electron chi connectivity index (χ0n) is 15.1. The number of benzene rings is 1. The molecule has 1 fully saturated rings. The lowest BCUT2D eigenvalue weighted by Gasteiger charge is -2.35. The molecule has 0 aromatic heterocycles. The van der Waals surface area contributed by atoms with E-state index in [0.29, 0.717) is 19.1 Å². The van der Waals surface area contributed by atoms with Crippen LogP contribution in [0.2, 0.25) is 0 Å². The zero-order chi connectivity index (χ0) is 17.2. The second-order valence-corrected chi connectivity index (χ2v) is 6.99. The Kier molecular flexibility index (Phi) is 8.07. The minimum atomic E-state index is 0.552. The van der Waals surface area contributed by atoms with Crippen molar-refractivity contribution in [3.05, 3.63) is 29.8 Å². The maximum Gasteiger partial charge on any atom is 0.119 e. The van der Waals surface area contributed by atoms with E-state index in [1.165, 1.54) is 31.5 Å². The summed E-state index contributed by atoms with van der Waals surface area (Å²) < 4.78 is 5.70. The fraction of sp³-hybridized carbons (Fsp3) is 0.650. The van der Waals surface area contributed by atoms with Crippen molar-refractivity contribution in [1.82, 2.24) is 10.2 Å². The number of ether oxygens (including phenoxy) is 1. The Morgan fingerprint density at radius 2 is 2.29 bits per heavy atom. The van der Waals surface area contributed by atoms with Crippen LogP contribution < -0.4 is 10.1 Å². The maximum atomic E-state index is 8.54. The lowest BCUT2D eigenvalue weighted by atomic mass is 9.97. The summed E-state index contributed by atoms with van der Waals surface area (Å²) in [7, 11) is 0. The average molecular weight is 329 g/mol. The van der Waals surface area contributed by atoms with Gasteiger partial charge in [0.1, 0.15) is 5.75 Å². The molecule has 132 valence electrons. The van der Waals surface area contributed by atoms with Gasteiger partial charge in [0.25, 0.3) is 0 Å². The second kappa shape index (κ2) is 10.3. The standard InChI is InChI=1S/C20H31N3O/c1-17(2)23-11-6-8-19(16-23)15-22-14-18-7-5-9-20(13-18)24-12-4-3-10-21/h5,7,9,13,17,19,22H,3-4,6,8,11-12,14-16H2,1-2H3. The van der Waals surface area contributed by atoms with Crippen LogP contribution in [0.25, 0.3) is 0 Å². The summed E-state index contributed by atoms with van der Waals surface area (Å²) in [6.07, 6.45) is 3.98. The number of nitrogens with one attached hydrogen (secondary N) is 1. The molecule has 0 radical (unpaired) electrons. The van der Waals surface area contributed by atoms with Gasteiger partial charge < -0.3 is 15.0 Å². The molecule has 1 aliphatic rings. The third-order valence-electron chi connectivity index (χ3n) is 4.64. The topological polar surface area (TPSA) is 48.3 Å². The first-order valence-electron chi connectivity index (χ1n) is 9.22. The monoisotopic (exact) mass is 329 g/mol. The van der Waals surface area contributed by atoms with Gasteiger partial charge in [0, 0.05) is 25.6 Å². The van der Waals surface area contributed by atoms with Crippen molar-refractivity contribution in [1.29, 1.82) is 5.26 Å². The Morgan fingerprint density at radius 3 is 3.08 bits per heavy atom. The molecule has 24 heavy (non-hydrogen) atoms. The Labute approximate surface area is 146 Å². The van der Waals surface area contributed by atoms with E-state index in [1.807, 2.05) is 12.1 Å². The normalized spacial score (nSPS) is 18.5. The SMILES string of the molecule is CC(C)N1CCCC(CNCc2cccc(OCCCC#N)c2)C1. The highest BCUT2D eigenvalue weighted by Crippen LogP contribution is 2.18. The van der Waals surface area contributed by atoms with Crippen molar-refractivity contribution in [3.63, 3.8) is 0 Å². The Hall–Kier alpha value is -1.57. The maximum absolute atomic E-state index is 8.54. The average Bonchev–Trinajstić information content (AvgIpc) is 2.59. The Bertz CT molecular complexity index is 524. The van der Waals surface area contributed by atoms with Crippen LogP contribution in [0.3, 0.4) is 0 Å².